The molecule has 0 N–H and O–H groups in total. The monoisotopic (exact) mass is 403 g/mol. The summed E-state index contributed by atoms with van der Waals surface area (Å²) in [7, 11) is 0. The molecule has 0 fully saturated rings. The molecule has 0 atom stereocenters. The Morgan fingerprint density at radius 2 is 1.55 bits per heavy atom. The maximum atomic E-state index is 6.21. The van der Waals surface area contributed by atoms with Gasteiger partial charge in [0.1, 0.15) is 11.2 Å². The smallest absolute Gasteiger partial charge is 0.144 e. The van der Waals surface area contributed by atoms with Crippen molar-refractivity contribution in [1.82, 2.24) is 9.88 Å². The van der Waals surface area contributed by atoms with Crippen LogP contribution in [0, 0.1) is 0 Å². The fourth-order valence-corrected chi connectivity index (χ4v) is 4.23. The van der Waals surface area contributed by atoms with Gasteiger partial charge in [0, 0.05) is 34.4 Å². The maximum Gasteiger partial charge on any atom is 0.144 e. The second kappa shape index (κ2) is 7.33. The van der Waals surface area contributed by atoms with E-state index in [0.29, 0.717) is 0 Å². The first-order valence-electron chi connectivity index (χ1n) is 10.5. The van der Waals surface area contributed by atoms with Gasteiger partial charge in [-0.2, -0.15) is 0 Å². The fourth-order valence-electron chi connectivity index (χ4n) is 4.23. The van der Waals surface area contributed by atoms with E-state index in [0.717, 1.165) is 52.1 Å². The van der Waals surface area contributed by atoms with Crippen molar-refractivity contribution in [1.29, 1.82) is 0 Å². The third-order valence-corrected chi connectivity index (χ3v) is 5.73. The number of fused-ring (bicyclic) bond motifs is 3. The first-order chi connectivity index (χ1) is 15.3. The van der Waals surface area contributed by atoms with Gasteiger partial charge < -0.3 is 14.2 Å². The molecule has 1 aliphatic heterocycles. The summed E-state index contributed by atoms with van der Waals surface area (Å²) in [6, 6.07) is 31.1. The van der Waals surface area contributed by atoms with Crippen LogP contribution in [0.2, 0.25) is 0 Å². The number of aromatic nitrogens is 1. The van der Waals surface area contributed by atoms with Gasteiger partial charge in [0.25, 0.3) is 0 Å². The molecule has 0 radical (unpaired) electrons. The van der Waals surface area contributed by atoms with Crippen molar-refractivity contribution in [2.24, 2.45) is 0 Å². The topological polar surface area (TPSA) is 32.5 Å². The number of rotatable bonds is 4. The first kappa shape index (κ1) is 17.8. The van der Waals surface area contributed by atoms with E-state index in [-0.39, 0.29) is 0 Å². The van der Waals surface area contributed by atoms with E-state index in [1.807, 2.05) is 24.3 Å². The molecule has 150 valence electrons. The molecule has 0 saturated carbocycles. The third-order valence-electron chi connectivity index (χ3n) is 5.73. The van der Waals surface area contributed by atoms with Gasteiger partial charge in [-0.05, 0) is 36.4 Å². The van der Waals surface area contributed by atoms with E-state index >= 15 is 0 Å². The molecule has 1 aliphatic rings. The van der Waals surface area contributed by atoms with Crippen LogP contribution in [0.4, 0.5) is 5.69 Å². The number of para-hydroxylation sites is 3. The first-order valence-corrected chi connectivity index (χ1v) is 10.5. The van der Waals surface area contributed by atoms with E-state index in [4.69, 9.17) is 9.40 Å². The van der Waals surface area contributed by atoms with Crippen LogP contribution < -0.4 is 4.90 Å². The molecule has 0 unspecified atom stereocenters. The molecule has 2 aromatic heterocycles. The van der Waals surface area contributed by atoms with Gasteiger partial charge in [-0.3, -0.25) is 4.98 Å². The lowest BCUT2D eigenvalue weighted by Gasteiger charge is -2.21. The number of hydrogen-bond donors (Lipinski definition) is 0. The summed E-state index contributed by atoms with van der Waals surface area (Å²) in [6.07, 6.45) is 4.25. The van der Waals surface area contributed by atoms with Crippen LogP contribution in [-0.2, 0) is 6.54 Å². The van der Waals surface area contributed by atoms with Crippen LogP contribution >= 0.6 is 0 Å². The van der Waals surface area contributed by atoms with E-state index in [2.05, 4.69) is 88.9 Å². The predicted octanol–water partition coefficient (Wildman–Crippen LogP) is 6.40. The maximum absolute atomic E-state index is 6.21. The Bertz CT molecular complexity index is 1400. The zero-order valence-electron chi connectivity index (χ0n) is 17.0. The van der Waals surface area contributed by atoms with Crippen LogP contribution in [-0.4, -0.2) is 16.6 Å². The zero-order valence-corrected chi connectivity index (χ0v) is 17.0. The molecule has 3 heterocycles. The second-order valence-corrected chi connectivity index (χ2v) is 7.79. The van der Waals surface area contributed by atoms with Crippen molar-refractivity contribution in [3.63, 3.8) is 0 Å². The lowest BCUT2D eigenvalue weighted by molar-refractivity contribution is 0.395. The number of furan rings is 1. The average Bonchev–Trinajstić information content (AvgIpc) is 3.44. The minimum atomic E-state index is 0.754. The molecule has 5 aromatic rings. The highest BCUT2D eigenvalue weighted by atomic mass is 16.3. The van der Waals surface area contributed by atoms with Gasteiger partial charge in [0.15, 0.2) is 0 Å². The van der Waals surface area contributed by atoms with Gasteiger partial charge in [0.05, 0.1) is 24.6 Å². The van der Waals surface area contributed by atoms with Gasteiger partial charge in [-0.25, -0.2) is 0 Å². The minimum absolute atomic E-state index is 0.754. The highest BCUT2D eigenvalue weighted by molar-refractivity contribution is 6.09. The second-order valence-electron chi connectivity index (χ2n) is 7.79. The van der Waals surface area contributed by atoms with Crippen LogP contribution in [0.1, 0.15) is 5.69 Å². The third kappa shape index (κ3) is 3.22. The van der Waals surface area contributed by atoms with Crippen molar-refractivity contribution < 1.29 is 4.42 Å². The zero-order chi connectivity index (χ0) is 20.6. The number of anilines is 1. The Labute approximate surface area is 180 Å². The summed E-state index contributed by atoms with van der Waals surface area (Å²) >= 11 is 0. The Balaban J connectivity index is 1.29. The molecule has 0 aliphatic carbocycles. The largest absolute Gasteiger partial charge is 0.455 e. The Hall–Kier alpha value is -4.05. The normalized spacial score (nSPS) is 13.5. The number of hydrogen-bond acceptors (Lipinski definition) is 4. The summed E-state index contributed by atoms with van der Waals surface area (Å²) < 4.78 is 6.21. The summed E-state index contributed by atoms with van der Waals surface area (Å²) in [5, 5.41) is 2.26. The van der Waals surface area contributed by atoms with Gasteiger partial charge in [-0.1, -0.05) is 54.6 Å². The quantitative estimate of drug-likeness (QED) is 0.348. The summed E-state index contributed by atoms with van der Waals surface area (Å²) in [4.78, 5) is 9.47. The molecule has 0 bridgehead atoms. The standard InChI is InChI=1S/C27H21N3O/c1-2-9-21(10-3-1)30-17-16-29(19-30)18-20-8-6-14-25(28-20)24-13-7-12-23-22-11-4-5-15-26(22)31-27(23)24/h1-17H,18-19H2. The Morgan fingerprint density at radius 3 is 2.48 bits per heavy atom. The number of nitrogens with zero attached hydrogens (tertiary/aromatic N) is 3. The summed E-state index contributed by atoms with van der Waals surface area (Å²) in [5.41, 5.74) is 5.99. The van der Waals surface area contributed by atoms with E-state index < -0.39 is 0 Å². The predicted molar refractivity (Wildman–Crippen MR) is 125 cm³/mol. The average molecular weight is 403 g/mol. The lowest BCUT2D eigenvalue weighted by atomic mass is 10.1. The van der Waals surface area contributed by atoms with Crippen LogP contribution in [0.25, 0.3) is 33.2 Å². The van der Waals surface area contributed by atoms with Crippen molar-refractivity contribution in [3.8, 4) is 11.3 Å². The molecule has 31 heavy (non-hydrogen) atoms. The minimum Gasteiger partial charge on any atom is -0.455 e. The molecular weight excluding hydrogens is 382 g/mol. The highest BCUT2D eigenvalue weighted by Crippen LogP contribution is 2.35. The van der Waals surface area contributed by atoms with Crippen LogP contribution in [0.5, 0.6) is 0 Å². The van der Waals surface area contributed by atoms with Crippen molar-refractivity contribution >= 4 is 27.6 Å². The van der Waals surface area contributed by atoms with E-state index in [1.54, 1.807) is 0 Å². The fraction of sp³-hybridized carbons (Fsp3) is 0.0741. The van der Waals surface area contributed by atoms with Crippen molar-refractivity contribution in [2.45, 2.75) is 6.54 Å². The molecular formula is C27H21N3O. The molecule has 6 rings (SSSR count). The highest BCUT2D eigenvalue weighted by Gasteiger charge is 2.16. The molecule has 4 nitrogen and oxygen atoms in total. The van der Waals surface area contributed by atoms with Crippen molar-refractivity contribution in [2.75, 3.05) is 11.6 Å². The van der Waals surface area contributed by atoms with E-state index in [9.17, 15) is 0 Å². The number of benzene rings is 3. The molecule has 0 spiro atoms. The Morgan fingerprint density at radius 1 is 0.742 bits per heavy atom. The van der Waals surface area contributed by atoms with Gasteiger partial charge >= 0.3 is 0 Å². The SMILES string of the molecule is C1=CN(c2ccccc2)CN1Cc1cccc(-c2cccc3c2oc2ccccc23)n1. The number of pyridine rings is 1. The molecule has 0 amide bonds. The van der Waals surface area contributed by atoms with Gasteiger partial charge in [-0.15, -0.1) is 0 Å². The van der Waals surface area contributed by atoms with Crippen LogP contribution in [0.15, 0.2) is 108 Å². The summed E-state index contributed by atoms with van der Waals surface area (Å²) in [6.45, 7) is 1.57. The summed E-state index contributed by atoms with van der Waals surface area (Å²) in [5.74, 6) is 0. The molecule has 4 heteroatoms. The van der Waals surface area contributed by atoms with Crippen molar-refractivity contribution in [3.05, 3.63) is 109 Å². The molecule has 3 aromatic carbocycles. The molecule has 0 saturated heterocycles. The Kier molecular flexibility index (Phi) is 4.20. The lowest BCUT2D eigenvalue weighted by Crippen LogP contribution is -2.24. The van der Waals surface area contributed by atoms with Crippen LogP contribution in [0.3, 0.4) is 0 Å². The van der Waals surface area contributed by atoms with Gasteiger partial charge in [0.2, 0.25) is 0 Å². The van der Waals surface area contributed by atoms with E-state index in [1.165, 1.54) is 5.69 Å².